The summed E-state index contributed by atoms with van der Waals surface area (Å²) in [6.45, 7) is 3.87. The summed E-state index contributed by atoms with van der Waals surface area (Å²) in [5, 5.41) is 12.2. The molecule has 3 atom stereocenters. The number of carbonyl (C=O) groups is 4. The highest BCUT2D eigenvalue weighted by Gasteiger charge is 2.33. The Balaban J connectivity index is 1.78. The maximum absolute atomic E-state index is 13.2. The lowest BCUT2D eigenvalue weighted by Gasteiger charge is -2.24. The summed E-state index contributed by atoms with van der Waals surface area (Å²) in [6, 6.07) is 5.08. The third-order valence-electron chi connectivity index (χ3n) is 6.10. The minimum absolute atomic E-state index is 0.0572. The molecule has 0 bridgehead atoms. The summed E-state index contributed by atoms with van der Waals surface area (Å²) < 4.78 is 5.34. The number of fused-ring (bicyclic) bond motifs is 1. The first-order chi connectivity index (χ1) is 17.2. The summed E-state index contributed by atoms with van der Waals surface area (Å²) >= 11 is 0. The van der Waals surface area contributed by atoms with E-state index in [-0.39, 0.29) is 23.9 Å². The molecule has 2 heterocycles. The molecule has 1 aliphatic rings. The van der Waals surface area contributed by atoms with Gasteiger partial charge in [-0.05, 0) is 48.9 Å². The Kier molecular flexibility index (Phi) is 8.91. The third kappa shape index (κ3) is 6.54. The van der Waals surface area contributed by atoms with Crippen LogP contribution in [0.15, 0.2) is 29.4 Å². The van der Waals surface area contributed by atoms with Gasteiger partial charge in [0, 0.05) is 28.3 Å². The van der Waals surface area contributed by atoms with E-state index < -0.39 is 42.1 Å². The average Bonchev–Trinajstić information content (AvgIpc) is 3.47. The smallest absolute Gasteiger partial charge is 0.268 e. The molecule has 1 aromatic carbocycles. The lowest BCUT2D eigenvalue weighted by molar-refractivity contribution is -0.130. The zero-order valence-electron chi connectivity index (χ0n) is 20.5. The van der Waals surface area contributed by atoms with Gasteiger partial charge >= 0.3 is 0 Å². The van der Waals surface area contributed by atoms with Crippen molar-refractivity contribution in [3.63, 3.8) is 0 Å². The molecule has 1 unspecified atom stereocenters. The molecule has 1 saturated heterocycles. The number of carbonyl (C=O) groups excluding carboxylic acids is 4. The van der Waals surface area contributed by atoms with Crippen LogP contribution in [0.2, 0.25) is 0 Å². The first kappa shape index (κ1) is 26.6. The van der Waals surface area contributed by atoms with Crippen molar-refractivity contribution in [3.8, 4) is 5.75 Å². The molecule has 12 nitrogen and oxygen atoms in total. The standard InChI is InChI=1S/C24H31N7O5/c1-13(2)9-18(30-24(35)19-11-15-16(28-19)5-4-6-21(15)36-3)23(34)29-17(20(32)12-27-31-25)10-14-7-8-26-22(14)33/h4-6,11,13-14,17-18,28H,7-10,12H2,1-3H3,(H,26,33)(H,29,34)(H,30,35)/t14-,17-,18?/m0/s1. The Morgan fingerprint density at radius 2 is 2.03 bits per heavy atom. The van der Waals surface area contributed by atoms with Crippen molar-refractivity contribution in [1.82, 2.24) is 20.9 Å². The number of nitrogens with one attached hydrogen (secondary N) is 4. The van der Waals surface area contributed by atoms with Crippen molar-refractivity contribution in [1.29, 1.82) is 0 Å². The van der Waals surface area contributed by atoms with E-state index in [0.29, 0.717) is 30.7 Å². The highest BCUT2D eigenvalue weighted by atomic mass is 16.5. The number of azide groups is 1. The van der Waals surface area contributed by atoms with E-state index in [0.717, 1.165) is 5.39 Å². The van der Waals surface area contributed by atoms with Crippen LogP contribution in [0, 0.1) is 11.8 Å². The van der Waals surface area contributed by atoms with Crippen molar-refractivity contribution >= 4 is 34.4 Å². The minimum atomic E-state index is -1.03. The van der Waals surface area contributed by atoms with Crippen LogP contribution in [0.4, 0.5) is 0 Å². The van der Waals surface area contributed by atoms with Crippen LogP contribution in [0.25, 0.3) is 21.3 Å². The lowest BCUT2D eigenvalue weighted by atomic mass is 9.95. The maximum atomic E-state index is 13.2. The van der Waals surface area contributed by atoms with Gasteiger partial charge in [0.25, 0.3) is 5.91 Å². The van der Waals surface area contributed by atoms with Crippen LogP contribution in [0.3, 0.4) is 0 Å². The Morgan fingerprint density at radius 1 is 1.25 bits per heavy atom. The number of Topliss-reactive ketones (excluding diaryl/α,β-unsaturated/α-hetero) is 1. The van der Waals surface area contributed by atoms with E-state index >= 15 is 0 Å². The van der Waals surface area contributed by atoms with Crippen LogP contribution in [-0.2, 0) is 14.4 Å². The van der Waals surface area contributed by atoms with Crippen LogP contribution >= 0.6 is 0 Å². The number of methoxy groups -OCH3 is 1. The monoisotopic (exact) mass is 497 g/mol. The number of ether oxygens (including phenoxy) is 1. The zero-order chi connectivity index (χ0) is 26.2. The Hall–Kier alpha value is -4.05. The highest BCUT2D eigenvalue weighted by Crippen LogP contribution is 2.26. The summed E-state index contributed by atoms with van der Waals surface area (Å²) in [5.74, 6) is -1.50. The Morgan fingerprint density at radius 3 is 2.67 bits per heavy atom. The quantitative estimate of drug-likeness (QED) is 0.199. The third-order valence-corrected chi connectivity index (χ3v) is 6.10. The number of hydrogen-bond acceptors (Lipinski definition) is 6. The number of nitrogens with zero attached hydrogens (tertiary/aromatic N) is 3. The van der Waals surface area contributed by atoms with Gasteiger partial charge in [-0.1, -0.05) is 25.0 Å². The second-order valence-corrected chi connectivity index (χ2v) is 9.19. The van der Waals surface area contributed by atoms with Gasteiger partial charge in [-0.2, -0.15) is 0 Å². The SMILES string of the molecule is COc1cccc2[nH]c(C(=O)NC(CC(C)C)C(=O)N[C@@H](C[C@@H]3CCNC3=O)C(=O)CN=[N+]=[N-])cc12. The number of rotatable bonds is 12. The highest BCUT2D eigenvalue weighted by molar-refractivity contribution is 6.02. The second kappa shape index (κ2) is 12.1. The fourth-order valence-corrected chi connectivity index (χ4v) is 4.28. The lowest BCUT2D eigenvalue weighted by Crippen LogP contribution is -2.53. The maximum Gasteiger partial charge on any atom is 0.268 e. The number of aromatic nitrogens is 1. The van der Waals surface area contributed by atoms with Gasteiger partial charge in [0.05, 0.1) is 19.7 Å². The molecule has 1 aromatic heterocycles. The molecular formula is C24H31N7O5. The van der Waals surface area contributed by atoms with Crippen LogP contribution < -0.4 is 20.7 Å². The van der Waals surface area contributed by atoms with E-state index in [2.05, 4.69) is 31.0 Å². The molecule has 2 aromatic rings. The number of ketones is 1. The Bertz CT molecular complexity index is 1180. The number of H-pyrrole nitrogens is 1. The van der Waals surface area contributed by atoms with Gasteiger partial charge in [0.2, 0.25) is 11.8 Å². The summed E-state index contributed by atoms with van der Waals surface area (Å²) in [7, 11) is 1.54. The molecule has 12 heteroatoms. The minimum Gasteiger partial charge on any atom is -0.496 e. The summed E-state index contributed by atoms with van der Waals surface area (Å²) in [4.78, 5) is 56.7. The topological polar surface area (TPSA) is 178 Å². The summed E-state index contributed by atoms with van der Waals surface area (Å²) in [5.41, 5.74) is 9.55. The van der Waals surface area contributed by atoms with Gasteiger partial charge in [-0.15, -0.1) is 0 Å². The molecule has 1 aliphatic heterocycles. The fourth-order valence-electron chi connectivity index (χ4n) is 4.28. The summed E-state index contributed by atoms with van der Waals surface area (Å²) in [6.07, 6.45) is 0.944. The molecule has 36 heavy (non-hydrogen) atoms. The van der Waals surface area contributed by atoms with E-state index in [1.165, 1.54) is 0 Å². The van der Waals surface area contributed by atoms with Crippen molar-refractivity contribution in [2.75, 3.05) is 20.2 Å². The fraction of sp³-hybridized carbons (Fsp3) is 0.500. The van der Waals surface area contributed by atoms with Crippen molar-refractivity contribution in [3.05, 3.63) is 40.4 Å². The molecule has 1 fully saturated rings. The number of benzene rings is 1. The van der Waals surface area contributed by atoms with Gasteiger partial charge in [0.15, 0.2) is 5.78 Å². The average molecular weight is 498 g/mol. The van der Waals surface area contributed by atoms with Crippen molar-refractivity contribution < 1.29 is 23.9 Å². The van der Waals surface area contributed by atoms with Crippen LogP contribution in [0.1, 0.15) is 43.6 Å². The second-order valence-electron chi connectivity index (χ2n) is 9.19. The predicted molar refractivity (Wildman–Crippen MR) is 132 cm³/mol. The first-order valence-corrected chi connectivity index (χ1v) is 11.8. The van der Waals surface area contributed by atoms with E-state index in [1.807, 2.05) is 19.9 Å². The van der Waals surface area contributed by atoms with Gasteiger partial charge in [-0.3, -0.25) is 19.2 Å². The zero-order valence-corrected chi connectivity index (χ0v) is 20.5. The normalized spacial score (nSPS) is 16.7. The van der Waals surface area contributed by atoms with Crippen LogP contribution in [0.5, 0.6) is 5.75 Å². The number of amides is 3. The molecule has 192 valence electrons. The molecular weight excluding hydrogens is 466 g/mol. The molecule has 3 rings (SSSR count). The van der Waals surface area contributed by atoms with Crippen molar-refractivity contribution in [2.45, 2.75) is 45.2 Å². The van der Waals surface area contributed by atoms with Crippen LogP contribution in [-0.4, -0.2) is 60.8 Å². The van der Waals surface area contributed by atoms with E-state index in [4.69, 9.17) is 10.3 Å². The molecule has 3 amide bonds. The predicted octanol–water partition coefficient (Wildman–Crippen LogP) is 2.21. The molecule has 0 aliphatic carbocycles. The van der Waals surface area contributed by atoms with Gasteiger partial charge < -0.3 is 25.7 Å². The van der Waals surface area contributed by atoms with Crippen molar-refractivity contribution in [2.24, 2.45) is 17.0 Å². The first-order valence-electron chi connectivity index (χ1n) is 11.8. The molecule has 0 saturated carbocycles. The number of aromatic amines is 1. The van der Waals surface area contributed by atoms with E-state index in [9.17, 15) is 19.2 Å². The molecule has 0 radical (unpaired) electrons. The van der Waals surface area contributed by atoms with Gasteiger partial charge in [0.1, 0.15) is 17.5 Å². The molecule has 4 N–H and O–H groups in total. The molecule has 0 spiro atoms. The van der Waals surface area contributed by atoms with Gasteiger partial charge in [-0.25, -0.2) is 0 Å². The largest absolute Gasteiger partial charge is 0.496 e. The Labute approximate surface area is 208 Å². The van der Waals surface area contributed by atoms with E-state index in [1.54, 1.807) is 25.3 Å². The number of hydrogen-bond donors (Lipinski definition) is 4.